The number of non-ortho nitro benzene ring substituents is 1. The summed E-state index contributed by atoms with van der Waals surface area (Å²) in [5.41, 5.74) is 3.02. The van der Waals surface area contributed by atoms with Crippen LogP contribution in [0.4, 0.5) is 10.1 Å². The molecule has 0 spiro atoms. The highest BCUT2D eigenvalue weighted by molar-refractivity contribution is 7.99. The minimum absolute atomic E-state index is 0.0301. The van der Waals surface area contributed by atoms with Crippen LogP contribution >= 0.6 is 11.8 Å². The van der Waals surface area contributed by atoms with Crippen molar-refractivity contribution in [2.45, 2.75) is 24.2 Å². The molecule has 1 N–H and O–H groups in total. The van der Waals surface area contributed by atoms with Crippen molar-refractivity contribution in [3.63, 3.8) is 0 Å². The Morgan fingerprint density at radius 3 is 2.18 bits per heavy atom. The second-order valence-corrected chi connectivity index (χ2v) is 11.9. The molecule has 15 heteroatoms. The topological polar surface area (TPSA) is 154 Å². The molecule has 2 amide bonds. The number of benzene rings is 4. The van der Waals surface area contributed by atoms with E-state index in [0.717, 1.165) is 22.9 Å². The van der Waals surface area contributed by atoms with Crippen molar-refractivity contribution in [1.29, 1.82) is 0 Å². The first kappa shape index (κ1) is 33.8. The summed E-state index contributed by atoms with van der Waals surface area (Å²) in [4.78, 5) is 37.6. The fourth-order valence-electron chi connectivity index (χ4n) is 5.33. The van der Waals surface area contributed by atoms with E-state index in [1.165, 1.54) is 36.4 Å². The number of ether oxygens (including phenoxy) is 2. The summed E-state index contributed by atoms with van der Waals surface area (Å²) in [5, 5.41) is 29.1. The normalized spacial score (nSPS) is 13.9. The monoisotopic (exact) mass is 695 g/mol. The summed E-state index contributed by atoms with van der Waals surface area (Å²) >= 11 is 1.10. The van der Waals surface area contributed by atoms with E-state index in [1.807, 2.05) is 24.3 Å². The Balaban J connectivity index is 1.25. The van der Waals surface area contributed by atoms with Gasteiger partial charge in [-0.15, -0.1) is 10.2 Å². The molecule has 2 heterocycles. The molecule has 0 bridgehead atoms. The van der Waals surface area contributed by atoms with Crippen LogP contribution in [0.5, 0.6) is 11.5 Å². The maximum Gasteiger partial charge on any atom is 0.269 e. The maximum absolute atomic E-state index is 13.8. The summed E-state index contributed by atoms with van der Waals surface area (Å²) in [6.45, 7) is -0.0301. The van der Waals surface area contributed by atoms with E-state index in [4.69, 9.17) is 14.6 Å². The van der Waals surface area contributed by atoms with Gasteiger partial charge in [-0.05, 0) is 83.9 Å². The third-order valence-electron chi connectivity index (χ3n) is 7.95. The lowest BCUT2D eigenvalue weighted by Crippen LogP contribution is -2.28. The van der Waals surface area contributed by atoms with Crippen molar-refractivity contribution >= 4 is 35.0 Å². The van der Waals surface area contributed by atoms with E-state index in [1.54, 1.807) is 60.2 Å². The van der Waals surface area contributed by atoms with Gasteiger partial charge in [-0.3, -0.25) is 24.3 Å². The van der Waals surface area contributed by atoms with Gasteiger partial charge >= 0.3 is 0 Å². The zero-order valence-electron chi connectivity index (χ0n) is 26.9. The van der Waals surface area contributed by atoms with Gasteiger partial charge in [0.15, 0.2) is 11.0 Å². The van der Waals surface area contributed by atoms with Crippen LogP contribution in [-0.2, 0) is 11.3 Å². The lowest BCUT2D eigenvalue weighted by atomic mass is 9.98. The van der Waals surface area contributed by atoms with Crippen molar-refractivity contribution in [2.24, 2.45) is 5.10 Å². The number of rotatable bonds is 12. The van der Waals surface area contributed by atoms with Crippen LogP contribution in [0.3, 0.4) is 0 Å². The van der Waals surface area contributed by atoms with E-state index < -0.39 is 16.8 Å². The number of nitrogens with one attached hydrogen (secondary N) is 1. The molecule has 254 valence electrons. The van der Waals surface area contributed by atoms with E-state index in [0.29, 0.717) is 45.9 Å². The van der Waals surface area contributed by atoms with E-state index in [-0.39, 0.29) is 29.8 Å². The number of nitro benzene ring substituents is 1. The van der Waals surface area contributed by atoms with E-state index in [9.17, 15) is 24.1 Å². The number of carbonyl (C=O) groups is 2. The molecule has 0 saturated heterocycles. The lowest BCUT2D eigenvalue weighted by molar-refractivity contribution is -0.384. The number of hydrazone groups is 1. The van der Waals surface area contributed by atoms with Gasteiger partial charge in [0.2, 0.25) is 0 Å². The van der Waals surface area contributed by atoms with Gasteiger partial charge in [0.25, 0.3) is 17.5 Å². The molecular formula is C35H30FN7O6S. The number of methoxy groups -OCH3 is 2. The Bertz CT molecular complexity index is 2040. The fraction of sp³-hybridized carbons (Fsp3) is 0.171. The predicted molar refractivity (Wildman–Crippen MR) is 183 cm³/mol. The van der Waals surface area contributed by atoms with Crippen LogP contribution in [0.25, 0.3) is 5.69 Å². The van der Waals surface area contributed by atoms with Gasteiger partial charge in [-0.25, -0.2) is 9.40 Å². The Labute approximate surface area is 289 Å². The Hall–Kier alpha value is -6.09. The summed E-state index contributed by atoms with van der Waals surface area (Å²) < 4.78 is 25.9. The first-order valence-electron chi connectivity index (χ1n) is 15.3. The largest absolute Gasteiger partial charge is 0.497 e. The molecule has 0 radical (unpaired) electrons. The number of nitrogens with zero attached hydrogens (tertiary/aromatic N) is 6. The highest BCUT2D eigenvalue weighted by Crippen LogP contribution is 2.34. The van der Waals surface area contributed by atoms with Crippen LogP contribution in [0, 0.1) is 15.9 Å². The Morgan fingerprint density at radius 1 is 0.920 bits per heavy atom. The van der Waals surface area contributed by atoms with Crippen molar-refractivity contribution in [3.05, 3.63) is 136 Å². The standard InChI is InChI=1S/C35H30FN7O6S/c1-48-28-15-5-22(6-16-28)30-19-31(23-3-9-25(36)10-4-23)42(40-30)33(44)21-50-35-39-38-32(41(35)26-11-13-27(14-12-26)43(46)47)20-37-34(45)24-7-17-29(49-2)18-8-24/h3-18,31H,19-21H2,1-2H3,(H,37,45). The average molecular weight is 696 g/mol. The van der Waals surface area contributed by atoms with Crippen molar-refractivity contribution in [1.82, 2.24) is 25.1 Å². The smallest absolute Gasteiger partial charge is 0.269 e. The van der Waals surface area contributed by atoms with E-state index in [2.05, 4.69) is 15.5 Å². The summed E-state index contributed by atoms with van der Waals surface area (Å²) in [6.07, 6.45) is 0.408. The zero-order chi connectivity index (χ0) is 35.2. The second-order valence-electron chi connectivity index (χ2n) is 11.0. The Kier molecular flexibility index (Phi) is 10.1. The van der Waals surface area contributed by atoms with Crippen LogP contribution in [0.1, 0.15) is 39.8 Å². The maximum atomic E-state index is 13.8. The van der Waals surface area contributed by atoms with Gasteiger partial charge in [0, 0.05) is 29.8 Å². The molecule has 0 fully saturated rings. The summed E-state index contributed by atoms with van der Waals surface area (Å²) in [5.74, 6) is 0.446. The fourth-order valence-corrected chi connectivity index (χ4v) is 6.15. The van der Waals surface area contributed by atoms with Gasteiger partial charge in [0.1, 0.15) is 17.3 Å². The molecule has 13 nitrogen and oxygen atoms in total. The molecule has 5 aromatic rings. The molecule has 1 unspecified atom stereocenters. The van der Waals surface area contributed by atoms with Gasteiger partial charge in [-0.2, -0.15) is 5.10 Å². The lowest BCUT2D eigenvalue weighted by Gasteiger charge is -2.22. The third-order valence-corrected chi connectivity index (χ3v) is 8.86. The molecular weight excluding hydrogens is 665 g/mol. The van der Waals surface area contributed by atoms with Crippen molar-refractivity contribution < 1.29 is 28.4 Å². The average Bonchev–Trinajstić information content (AvgIpc) is 3.78. The number of amides is 2. The molecule has 1 atom stereocenters. The number of thioether (sulfide) groups is 1. The van der Waals surface area contributed by atoms with Gasteiger partial charge in [-0.1, -0.05) is 23.9 Å². The third kappa shape index (κ3) is 7.47. The van der Waals surface area contributed by atoms with Crippen molar-refractivity contribution in [2.75, 3.05) is 20.0 Å². The number of carbonyl (C=O) groups excluding carboxylic acids is 2. The molecule has 1 aliphatic rings. The van der Waals surface area contributed by atoms with Crippen LogP contribution in [-0.4, -0.2) is 62.2 Å². The zero-order valence-corrected chi connectivity index (χ0v) is 27.7. The summed E-state index contributed by atoms with van der Waals surface area (Å²) in [7, 11) is 3.11. The molecule has 4 aromatic carbocycles. The molecule has 50 heavy (non-hydrogen) atoms. The first-order chi connectivity index (χ1) is 24.2. The van der Waals surface area contributed by atoms with E-state index >= 15 is 0 Å². The number of hydrogen-bond donors (Lipinski definition) is 1. The molecule has 6 rings (SSSR count). The minimum atomic E-state index is -0.505. The van der Waals surface area contributed by atoms with Gasteiger partial charge in [0.05, 0.1) is 43.2 Å². The SMILES string of the molecule is COc1ccc(C(=O)NCc2nnc(SCC(=O)N3N=C(c4ccc(OC)cc4)CC3c3ccc(F)cc3)n2-c2ccc([N+](=O)[O-])cc2)cc1. The van der Waals surface area contributed by atoms with Crippen LogP contribution in [0.15, 0.2) is 107 Å². The number of nitro groups is 1. The van der Waals surface area contributed by atoms with Crippen LogP contribution in [0.2, 0.25) is 0 Å². The molecule has 1 aromatic heterocycles. The van der Waals surface area contributed by atoms with Gasteiger partial charge < -0.3 is 14.8 Å². The number of halogens is 1. The number of aromatic nitrogens is 3. The number of hydrogen-bond acceptors (Lipinski definition) is 10. The quantitative estimate of drug-likeness (QED) is 0.0979. The first-order valence-corrected chi connectivity index (χ1v) is 16.3. The molecule has 0 saturated carbocycles. The van der Waals surface area contributed by atoms with Crippen LogP contribution < -0.4 is 14.8 Å². The van der Waals surface area contributed by atoms with Crippen molar-refractivity contribution in [3.8, 4) is 17.2 Å². The highest BCUT2D eigenvalue weighted by Gasteiger charge is 2.33. The second kappa shape index (κ2) is 15.0. The summed E-state index contributed by atoms with van der Waals surface area (Å²) in [6, 6.07) is 25.2. The Morgan fingerprint density at radius 2 is 1.56 bits per heavy atom. The minimum Gasteiger partial charge on any atom is -0.497 e. The predicted octanol–water partition coefficient (Wildman–Crippen LogP) is 5.73. The molecule has 0 aliphatic carbocycles. The highest BCUT2D eigenvalue weighted by atomic mass is 32.2. The molecule has 1 aliphatic heterocycles.